The lowest BCUT2D eigenvalue weighted by molar-refractivity contribution is -0.136. The zero-order valence-corrected chi connectivity index (χ0v) is 18.2. The Kier molecular flexibility index (Phi) is 6.90. The highest BCUT2D eigenvalue weighted by Crippen LogP contribution is 2.22. The molecule has 0 spiro atoms. The van der Waals surface area contributed by atoms with Gasteiger partial charge in [-0.05, 0) is 55.7 Å². The van der Waals surface area contributed by atoms with Crippen LogP contribution in [0, 0.1) is 17.2 Å². The molecule has 2 fully saturated rings. The van der Waals surface area contributed by atoms with E-state index >= 15 is 0 Å². The molecule has 2 heterocycles. The van der Waals surface area contributed by atoms with Crippen molar-refractivity contribution in [3.8, 4) is 6.07 Å². The summed E-state index contributed by atoms with van der Waals surface area (Å²) in [6.45, 7) is 4.20. The van der Waals surface area contributed by atoms with E-state index in [1.54, 1.807) is 4.90 Å². The quantitative estimate of drug-likeness (QED) is 0.806. The van der Waals surface area contributed by atoms with Gasteiger partial charge in [0.25, 0.3) is 0 Å². The number of nitrogens with one attached hydrogen (secondary N) is 1. The Morgan fingerprint density at radius 1 is 0.875 bits per heavy atom. The Bertz CT molecular complexity index is 970. The number of piperidine rings is 1. The van der Waals surface area contributed by atoms with E-state index in [1.807, 2.05) is 59.5 Å². The first-order chi connectivity index (χ1) is 15.6. The van der Waals surface area contributed by atoms with Crippen molar-refractivity contribution in [2.75, 3.05) is 49.5 Å². The average Bonchev–Trinajstić information content (AvgIpc) is 3.11. The third-order valence-corrected chi connectivity index (χ3v) is 6.25. The van der Waals surface area contributed by atoms with Crippen molar-refractivity contribution >= 4 is 23.3 Å². The first kappa shape index (κ1) is 21.7. The summed E-state index contributed by atoms with van der Waals surface area (Å²) in [5.74, 6) is 0.00984. The minimum Gasteiger partial charge on any atom is -0.370 e. The van der Waals surface area contributed by atoms with Crippen LogP contribution in [-0.2, 0) is 4.79 Å². The normalized spacial score (nSPS) is 19.1. The van der Waals surface area contributed by atoms with Gasteiger partial charge in [0.15, 0.2) is 0 Å². The van der Waals surface area contributed by atoms with Gasteiger partial charge in [-0.25, -0.2) is 4.79 Å². The van der Waals surface area contributed by atoms with Gasteiger partial charge >= 0.3 is 6.03 Å². The highest BCUT2D eigenvalue weighted by molar-refractivity contribution is 5.90. The van der Waals surface area contributed by atoms with Gasteiger partial charge in [0.1, 0.15) is 0 Å². The fraction of sp³-hybridized carbons (Fsp3) is 0.400. The molecule has 1 unspecified atom stereocenters. The summed E-state index contributed by atoms with van der Waals surface area (Å²) in [6, 6.07) is 19.0. The Labute approximate surface area is 189 Å². The van der Waals surface area contributed by atoms with Crippen molar-refractivity contribution in [3.63, 3.8) is 0 Å². The van der Waals surface area contributed by atoms with Crippen LogP contribution < -0.4 is 10.2 Å². The molecule has 2 aliphatic heterocycles. The third kappa shape index (κ3) is 5.20. The smallest absolute Gasteiger partial charge is 0.321 e. The lowest BCUT2D eigenvalue weighted by Gasteiger charge is -2.34. The van der Waals surface area contributed by atoms with Crippen LogP contribution in [0.1, 0.15) is 24.8 Å². The zero-order valence-electron chi connectivity index (χ0n) is 18.2. The molecular weight excluding hydrogens is 402 g/mol. The Hall–Kier alpha value is -3.53. The molecule has 7 nitrogen and oxygen atoms in total. The summed E-state index contributed by atoms with van der Waals surface area (Å²) in [5.41, 5.74) is 2.50. The molecule has 32 heavy (non-hydrogen) atoms. The van der Waals surface area contributed by atoms with Crippen molar-refractivity contribution in [2.24, 2.45) is 5.92 Å². The van der Waals surface area contributed by atoms with Gasteiger partial charge < -0.3 is 20.0 Å². The number of anilines is 2. The van der Waals surface area contributed by atoms with E-state index in [-0.39, 0.29) is 17.9 Å². The average molecular weight is 432 g/mol. The van der Waals surface area contributed by atoms with E-state index in [0.717, 1.165) is 50.3 Å². The number of nitriles is 1. The molecule has 1 N–H and O–H groups in total. The topological polar surface area (TPSA) is 79.7 Å². The maximum absolute atomic E-state index is 13.3. The first-order valence-electron chi connectivity index (χ1n) is 11.3. The highest BCUT2D eigenvalue weighted by Gasteiger charge is 2.32. The van der Waals surface area contributed by atoms with Gasteiger partial charge in [-0.2, -0.15) is 5.26 Å². The SMILES string of the molecule is N#Cc1ccc(N2CCCN(C(=O)C3CCCN(C(=O)Nc4ccccc4)C3)CC2)cc1. The zero-order chi connectivity index (χ0) is 22.3. The van der Waals surface area contributed by atoms with Gasteiger partial charge in [-0.3, -0.25) is 4.79 Å². The van der Waals surface area contributed by atoms with Crippen LogP contribution in [0.5, 0.6) is 0 Å². The molecule has 0 radical (unpaired) electrons. The number of urea groups is 1. The van der Waals surface area contributed by atoms with Gasteiger partial charge in [-0.15, -0.1) is 0 Å². The van der Waals surface area contributed by atoms with E-state index in [4.69, 9.17) is 5.26 Å². The van der Waals surface area contributed by atoms with E-state index < -0.39 is 0 Å². The summed E-state index contributed by atoms with van der Waals surface area (Å²) < 4.78 is 0. The summed E-state index contributed by atoms with van der Waals surface area (Å²) >= 11 is 0. The van der Waals surface area contributed by atoms with Crippen molar-refractivity contribution in [1.29, 1.82) is 5.26 Å². The maximum atomic E-state index is 13.3. The van der Waals surface area contributed by atoms with E-state index in [2.05, 4.69) is 16.3 Å². The number of likely N-dealkylation sites (tertiary alicyclic amines) is 1. The van der Waals surface area contributed by atoms with Crippen molar-refractivity contribution in [2.45, 2.75) is 19.3 Å². The van der Waals surface area contributed by atoms with Crippen LogP contribution in [0.3, 0.4) is 0 Å². The number of carbonyl (C=O) groups excluding carboxylic acids is 2. The summed E-state index contributed by atoms with van der Waals surface area (Å²) in [5, 5.41) is 11.9. The maximum Gasteiger partial charge on any atom is 0.321 e. The number of hydrogen-bond acceptors (Lipinski definition) is 4. The molecule has 2 saturated heterocycles. The number of nitrogens with zero attached hydrogens (tertiary/aromatic N) is 4. The lowest BCUT2D eigenvalue weighted by atomic mass is 9.96. The highest BCUT2D eigenvalue weighted by atomic mass is 16.2. The Morgan fingerprint density at radius 2 is 1.62 bits per heavy atom. The summed E-state index contributed by atoms with van der Waals surface area (Å²) in [7, 11) is 0. The number of rotatable bonds is 3. The minimum atomic E-state index is -0.147. The van der Waals surface area contributed by atoms with Crippen LogP contribution in [0.25, 0.3) is 0 Å². The summed E-state index contributed by atoms with van der Waals surface area (Å²) in [6.07, 6.45) is 2.56. The van der Waals surface area contributed by atoms with Crippen LogP contribution in [-0.4, -0.2) is 61.0 Å². The molecule has 7 heteroatoms. The molecule has 0 bridgehead atoms. The van der Waals surface area contributed by atoms with Crippen LogP contribution in [0.4, 0.5) is 16.2 Å². The molecule has 0 aromatic heterocycles. The molecule has 1 atom stereocenters. The molecule has 0 saturated carbocycles. The number of hydrogen-bond donors (Lipinski definition) is 1. The van der Waals surface area contributed by atoms with Gasteiger partial charge in [0, 0.05) is 50.6 Å². The monoisotopic (exact) mass is 431 g/mol. The van der Waals surface area contributed by atoms with E-state index in [1.165, 1.54) is 0 Å². The van der Waals surface area contributed by atoms with Gasteiger partial charge in [0.2, 0.25) is 5.91 Å². The molecule has 2 aliphatic rings. The predicted octanol–water partition coefficient (Wildman–Crippen LogP) is 3.54. The molecule has 166 valence electrons. The fourth-order valence-corrected chi connectivity index (χ4v) is 4.49. The van der Waals surface area contributed by atoms with Crippen LogP contribution in [0.15, 0.2) is 54.6 Å². The fourth-order valence-electron chi connectivity index (χ4n) is 4.49. The number of carbonyl (C=O) groups is 2. The second-order valence-electron chi connectivity index (χ2n) is 8.41. The largest absolute Gasteiger partial charge is 0.370 e. The van der Waals surface area contributed by atoms with Gasteiger partial charge in [-0.1, -0.05) is 18.2 Å². The Balaban J connectivity index is 1.33. The minimum absolute atomic E-state index is 0.142. The number of para-hydroxylation sites is 1. The van der Waals surface area contributed by atoms with Crippen molar-refractivity contribution in [3.05, 3.63) is 60.2 Å². The van der Waals surface area contributed by atoms with Crippen LogP contribution >= 0.6 is 0 Å². The molecule has 4 rings (SSSR count). The van der Waals surface area contributed by atoms with Crippen molar-refractivity contribution < 1.29 is 9.59 Å². The number of amides is 3. The van der Waals surface area contributed by atoms with Crippen LogP contribution in [0.2, 0.25) is 0 Å². The molecular formula is C25H29N5O2. The van der Waals surface area contributed by atoms with Crippen molar-refractivity contribution in [1.82, 2.24) is 9.80 Å². The van der Waals surface area contributed by atoms with E-state index in [0.29, 0.717) is 25.2 Å². The number of benzene rings is 2. The lowest BCUT2D eigenvalue weighted by Crippen LogP contribution is -2.48. The molecule has 2 aromatic rings. The molecule has 2 aromatic carbocycles. The molecule has 0 aliphatic carbocycles. The molecule has 3 amide bonds. The summed E-state index contributed by atoms with van der Waals surface area (Å²) in [4.78, 5) is 31.9. The first-order valence-corrected chi connectivity index (χ1v) is 11.3. The second-order valence-corrected chi connectivity index (χ2v) is 8.41. The third-order valence-electron chi connectivity index (χ3n) is 6.25. The second kappa shape index (κ2) is 10.2. The van der Waals surface area contributed by atoms with Gasteiger partial charge in [0.05, 0.1) is 17.6 Å². The Morgan fingerprint density at radius 3 is 2.38 bits per heavy atom. The standard InChI is InChI=1S/C25H29N5O2/c26-18-20-9-11-23(12-10-20)28-14-5-15-29(17-16-28)24(31)21-6-4-13-30(19-21)25(32)27-22-7-2-1-3-8-22/h1-3,7-12,21H,4-6,13-17,19H2,(H,27,32). The van der Waals surface area contributed by atoms with E-state index in [9.17, 15) is 9.59 Å². The predicted molar refractivity (Wildman–Crippen MR) is 124 cm³/mol.